The molecule has 3 N–H and O–H groups in total. The van der Waals surface area contributed by atoms with E-state index in [2.05, 4.69) is 23.8 Å². The lowest BCUT2D eigenvalue weighted by molar-refractivity contribution is -0.138. The Labute approximate surface area is 172 Å². The van der Waals surface area contributed by atoms with Gasteiger partial charge in [-0.15, -0.1) is 0 Å². The minimum atomic E-state index is -1.14. The molecule has 29 heavy (non-hydrogen) atoms. The summed E-state index contributed by atoms with van der Waals surface area (Å²) in [6.07, 6.45) is 5.79. The molecule has 0 spiro atoms. The summed E-state index contributed by atoms with van der Waals surface area (Å²) in [6.45, 7) is 10.5. The standard InChI is InChI=1S/C15H20N2O5.C7H10/c1-2-6-12(14(20)16-9-13(18)19)17-15(21)22-10-11-7-4-3-5-8-11;1-4-6-7(3)5-2/h3-5,7-8,12H,2,6,9-10H2,1H3,(H,16,20)(H,17,21)(H,18,19);4-6H,1-2H2,3H3/b;7-6-. The third kappa shape index (κ3) is 13.5. The van der Waals surface area contributed by atoms with Crippen LogP contribution in [-0.2, 0) is 20.9 Å². The van der Waals surface area contributed by atoms with E-state index in [9.17, 15) is 14.4 Å². The number of carbonyl (C=O) groups excluding carboxylic acids is 2. The maximum absolute atomic E-state index is 11.8. The van der Waals surface area contributed by atoms with Crippen molar-refractivity contribution in [2.24, 2.45) is 0 Å². The van der Waals surface area contributed by atoms with Crippen LogP contribution < -0.4 is 10.6 Å². The van der Waals surface area contributed by atoms with Crippen molar-refractivity contribution in [3.63, 3.8) is 0 Å². The highest BCUT2D eigenvalue weighted by Gasteiger charge is 2.20. The van der Waals surface area contributed by atoms with Gasteiger partial charge in [-0.05, 0) is 18.9 Å². The lowest BCUT2D eigenvalue weighted by atomic mass is 10.1. The number of amides is 2. The molecule has 0 saturated carbocycles. The van der Waals surface area contributed by atoms with Gasteiger partial charge < -0.3 is 20.5 Å². The Morgan fingerprint density at radius 2 is 1.86 bits per heavy atom. The first-order chi connectivity index (χ1) is 13.8. The van der Waals surface area contributed by atoms with Gasteiger partial charge in [-0.2, -0.15) is 0 Å². The van der Waals surface area contributed by atoms with Gasteiger partial charge in [0, 0.05) is 0 Å². The number of hydrogen-bond acceptors (Lipinski definition) is 4. The number of alkyl carbamates (subject to hydrolysis) is 1. The number of ether oxygens (including phenoxy) is 1. The number of nitrogens with one attached hydrogen (secondary N) is 2. The number of carboxylic acids is 1. The maximum atomic E-state index is 11.8. The number of carbonyl (C=O) groups is 3. The predicted molar refractivity (Wildman–Crippen MR) is 113 cm³/mol. The summed E-state index contributed by atoms with van der Waals surface area (Å²) in [5.41, 5.74) is 1.98. The predicted octanol–water partition coefficient (Wildman–Crippen LogP) is 3.59. The molecule has 0 aliphatic carbocycles. The highest BCUT2D eigenvalue weighted by atomic mass is 16.5. The highest BCUT2D eigenvalue weighted by molar-refractivity contribution is 5.87. The molecule has 1 rings (SSSR count). The van der Waals surface area contributed by atoms with E-state index in [1.165, 1.54) is 0 Å². The van der Waals surface area contributed by atoms with E-state index in [0.717, 1.165) is 11.1 Å². The fraction of sp³-hybridized carbons (Fsp3) is 0.318. The lowest BCUT2D eigenvalue weighted by Gasteiger charge is -2.17. The highest BCUT2D eigenvalue weighted by Crippen LogP contribution is 2.02. The molecule has 158 valence electrons. The van der Waals surface area contributed by atoms with Crippen molar-refractivity contribution in [1.82, 2.24) is 10.6 Å². The molecule has 1 aromatic rings. The summed E-state index contributed by atoms with van der Waals surface area (Å²) in [4.78, 5) is 34.0. The topological polar surface area (TPSA) is 105 Å². The van der Waals surface area contributed by atoms with Crippen molar-refractivity contribution >= 4 is 18.0 Å². The zero-order valence-electron chi connectivity index (χ0n) is 17.0. The van der Waals surface area contributed by atoms with Crippen LogP contribution in [0.1, 0.15) is 32.3 Å². The molecule has 0 heterocycles. The number of benzene rings is 1. The van der Waals surface area contributed by atoms with Crippen LogP contribution in [0.5, 0.6) is 0 Å². The minimum absolute atomic E-state index is 0.0995. The van der Waals surface area contributed by atoms with E-state index < -0.39 is 30.6 Å². The zero-order valence-corrected chi connectivity index (χ0v) is 17.0. The molecule has 0 aliphatic rings. The van der Waals surface area contributed by atoms with Gasteiger partial charge in [-0.1, -0.05) is 80.6 Å². The normalized spacial score (nSPS) is 11.2. The van der Waals surface area contributed by atoms with Crippen LogP contribution >= 0.6 is 0 Å². The Morgan fingerprint density at radius 3 is 2.34 bits per heavy atom. The first kappa shape index (κ1) is 25.6. The number of carboxylic acid groups (broad SMARTS) is 1. The molecule has 0 fully saturated rings. The van der Waals surface area contributed by atoms with Gasteiger partial charge in [0.05, 0.1) is 0 Å². The summed E-state index contributed by atoms with van der Waals surface area (Å²) >= 11 is 0. The number of aliphatic carboxylic acids is 1. The van der Waals surface area contributed by atoms with Gasteiger partial charge in [0.2, 0.25) is 5.91 Å². The second-order valence-electron chi connectivity index (χ2n) is 6.01. The minimum Gasteiger partial charge on any atom is -0.480 e. The van der Waals surface area contributed by atoms with Gasteiger partial charge in [0.1, 0.15) is 19.2 Å². The van der Waals surface area contributed by atoms with Crippen LogP contribution in [-0.4, -0.2) is 35.7 Å². The molecule has 1 aromatic carbocycles. The second kappa shape index (κ2) is 15.7. The molecule has 0 radical (unpaired) electrons. The Morgan fingerprint density at radius 1 is 1.21 bits per heavy atom. The summed E-state index contributed by atoms with van der Waals surface area (Å²) in [5.74, 6) is -1.68. The monoisotopic (exact) mass is 402 g/mol. The first-order valence-corrected chi connectivity index (χ1v) is 9.22. The Hall–Kier alpha value is -3.35. The number of allylic oxidation sites excluding steroid dienone is 4. The summed E-state index contributed by atoms with van der Waals surface area (Å²) < 4.78 is 5.03. The zero-order chi connectivity index (χ0) is 22.1. The molecule has 0 aromatic heterocycles. The van der Waals surface area contributed by atoms with Crippen molar-refractivity contribution in [1.29, 1.82) is 0 Å². The largest absolute Gasteiger partial charge is 0.480 e. The number of hydrogen-bond donors (Lipinski definition) is 3. The van der Waals surface area contributed by atoms with Crippen LogP contribution in [0.25, 0.3) is 0 Å². The summed E-state index contributed by atoms with van der Waals surface area (Å²) in [7, 11) is 0. The average molecular weight is 402 g/mol. The van der Waals surface area contributed by atoms with Crippen LogP contribution in [0.2, 0.25) is 0 Å². The Bertz CT molecular complexity index is 698. The molecule has 7 nitrogen and oxygen atoms in total. The van der Waals surface area contributed by atoms with Crippen molar-refractivity contribution in [3.8, 4) is 0 Å². The van der Waals surface area contributed by atoms with E-state index in [-0.39, 0.29) is 6.61 Å². The molecule has 1 atom stereocenters. The molecule has 0 bridgehead atoms. The molecular formula is C22H30N2O5. The average Bonchev–Trinajstić information content (AvgIpc) is 2.71. The van der Waals surface area contributed by atoms with E-state index in [1.807, 2.05) is 50.3 Å². The third-order valence-corrected chi connectivity index (χ3v) is 3.52. The van der Waals surface area contributed by atoms with Gasteiger partial charge in [-0.3, -0.25) is 9.59 Å². The van der Waals surface area contributed by atoms with E-state index in [1.54, 1.807) is 12.2 Å². The van der Waals surface area contributed by atoms with Crippen LogP contribution in [0, 0.1) is 0 Å². The van der Waals surface area contributed by atoms with Crippen LogP contribution in [0.3, 0.4) is 0 Å². The fourth-order valence-electron chi connectivity index (χ4n) is 2.00. The van der Waals surface area contributed by atoms with Crippen LogP contribution in [0.4, 0.5) is 4.79 Å². The summed E-state index contributed by atoms with van der Waals surface area (Å²) in [5, 5.41) is 13.2. The van der Waals surface area contributed by atoms with Gasteiger partial charge in [-0.25, -0.2) is 4.79 Å². The first-order valence-electron chi connectivity index (χ1n) is 9.22. The lowest BCUT2D eigenvalue weighted by Crippen LogP contribution is -2.47. The molecule has 0 aliphatic heterocycles. The SMILES string of the molecule is C=C/C=C(/C)C=C.CCCC(NC(=O)OCc1ccccc1)C(=O)NCC(=O)O. The Kier molecular flexibility index (Phi) is 13.9. The summed E-state index contributed by atoms with van der Waals surface area (Å²) in [6, 6.07) is 8.33. The second-order valence-corrected chi connectivity index (χ2v) is 6.01. The van der Waals surface area contributed by atoms with Crippen molar-refractivity contribution in [2.75, 3.05) is 6.54 Å². The fourth-order valence-corrected chi connectivity index (χ4v) is 2.00. The smallest absolute Gasteiger partial charge is 0.408 e. The van der Waals surface area contributed by atoms with Gasteiger partial charge in [0.25, 0.3) is 0 Å². The molecule has 0 saturated heterocycles. The van der Waals surface area contributed by atoms with Crippen LogP contribution in [0.15, 0.2) is 67.3 Å². The molecule has 1 unspecified atom stereocenters. The molecule has 2 amide bonds. The Balaban J connectivity index is 0.000000956. The maximum Gasteiger partial charge on any atom is 0.408 e. The molecular weight excluding hydrogens is 372 g/mol. The van der Waals surface area contributed by atoms with Gasteiger partial charge in [0.15, 0.2) is 0 Å². The molecule has 7 heteroatoms. The van der Waals surface area contributed by atoms with Gasteiger partial charge >= 0.3 is 12.1 Å². The van der Waals surface area contributed by atoms with Crippen molar-refractivity contribution in [3.05, 3.63) is 72.9 Å². The van der Waals surface area contributed by atoms with Crippen molar-refractivity contribution < 1.29 is 24.2 Å². The van der Waals surface area contributed by atoms with E-state index >= 15 is 0 Å². The van der Waals surface area contributed by atoms with Crippen molar-refractivity contribution in [2.45, 2.75) is 39.3 Å². The van der Waals surface area contributed by atoms with E-state index in [4.69, 9.17) is 9.84 Å². The quantitative estimate of drug-likeness (QED) is 0.519. The number of rotatable bonds is 10. The van der Waals surface area contributed by atoms with E-state index in [0.29, 0.717) is 12.8 Å². The third-order valence-electron chi connectivity index (χ3n) is 3.52.